The maximum atomic E-state index is 11.2. The van der Waals surface area contributed by atoms with Gasteiger partial charge >= 0.3 is 14.0 Å². The van der Waals surface area contributed by atoms with E-state index in [4.69, 9.17) is 0 Å². The van der Waals surface area contributed by atoms with Crippen molar-refractivity contribution in [3.05, 3.63) is 30.3 Å². The normalized spacial score (nSPS) is 9.77. The number of benzene rings is 1. The van der Waals surface area contributed by atoms with Gasteiger partial charge in [0.15, 0.2) is 0 Å². The molecular weight excluding hydrogens is 198 g/mol. The molecule has 5 heteroatoms. The molecule has 1 aromatic rings. The molecular formula is C8H8NaO3P+. The monoisotopic (exact) mass is 206 g/mol. The number of hydrogen-bond acceptors (Lipinski definition) is 3. The van der Waals surface area contributed by atoms with Crippen LogP contribution in [0.25, 0.3) is 0 Å². The van der Waals surface area contributed by atoms with Gasteiger partial charge in [-0.1, -0.05) is 18.2 Å². The maximum absolute atomic E-state index is 11.2. The van der Waals surface area contributed by atoms with Crippen LogP contribution in [0.5, 0.6) is 0 Å². The molecule has 0 heterocycles. The number of carbonyl (C=O) groups is 1. The molecule has 1 unspecified atom stereocenters. The van der Waals surface area contributed by atoms with Crippen LogP contribution in [0, 0.1) is 0 Å². The molecule has 0 amide bonds. The Morgan fingerprint density at radius 3 is 2.31 bits per heavy atom. The van der Waals surface area contributed by atoms with Gasteiger partial charge in [-0.2, -0.15) is 0 Å². The van der Waals surface area contributed by atoms with Crippen molar-refractivity contribution >= 4 is 48.9 Å². The predicted molar refractivity (Wildman–Crippen MR) is 51.2 cm³/mol. The van der Waals surface area contributed by atoms with Crippen molar-refractivity contribution in [2.75, 3.05) is 0 Å². The molecule has 63 valence electrons. The summed E-state index contributed by atoms with van der Waals surface area (Å²) < 4.78 is 15.7. The molecule has 0 aliphatic rings. The van der Waals surface area contributed by atoms with E-state index in [9.17, 15) is 9.36 Å². The van der Waals surface area contributed by atoms with Gasteiger partial charge in [-0.25, -0.2) is 9.32 Å². The quantitative estimate of drug-likeness (QED) is 0.540. The molecule has 0 N–H and O–H groups in total. The van der Waals surface area contributed by atoms with Gasteiger partial charge in [0.25, 0.3) is 0 Å². The first-order valence-corrected chi connectivity index (χ1v) is 4.59. The minimum absolute atomic E-state index is 0. The van der Waals surface area contributed by atoms with E-state index < -0.39 is 14.0 Å². The van der Waals surface area contributed by atoms with Crippen LogP contribution >= 0.6 is 8.03 Å². The summed E-state index contributed by atoms with van der Waals surface area (Å²) in [4.78, 5) is 10.4. The fourth-order valence-corrected chi connectivity index (χ4v) is 1.47. The molecule has 0 aliphatic carbocycles. The second-order valence-corrected chi connectivity index (χ2v) is 3.39. The third-order valence-electron chi connectivity index (χ3n) is 1.18. The van der Waals surface area contributed by atoms with Gasteiger partial charge in [0.1, 0.15) is 0 Å². The van der Waals surface area contributed by atoms with Crippen LogP contribution in [0.2, 0.25) is 0 Å². The average molecular weight is 206 g/mol. The molecule has 1 atom stereocenters. The Hall–Kier alpha value is -0.210. The van der Waals surface area contributed by atoms with E-state index in [1.165, 1.54) is 6.92 Å². The van der Waals surface area contributed by atoms with Crippen molar-refractivity contribution in [1.82, 2.24) is 0 Å². The molecule has 0 aliphatic heterocycles. The molecule has 0 aromatic heterocycles. The standard InChI is InChI=1S/C8H8O3P.Na/c1-7(9)11-12(10)8-5-3-2-4-6-8;/h2-6H,1H3;/q+1;. The molecule has 1 aromatic carbocycles. The van der Waals surface area contributed by atoms with E-state index in [1.807, 2.05) is 0 Å². The second-order valence-electron chi connectivity index (χ2n) is 2.18. The Bertz CT molecular complexity index is 300. The zero-order valence-electron chi connectivity index (χ0n) is 7.56. The van der Waals surface area contributed by atoms with E-state index >= 15 is 0 Å². The smallest absolute Gasteiger partial charge is 0.247 e. The summed E-state index contributed by atoms with van der Waals surface area (Å²) in [5.41, 5.74) is 0. The first kappa shape index (κ1) is 12.8. The summed E-state index contributed by atoms with van der Waals surface area (Å²) in [6.07, 6.45) is 0. The third-order valence-corrected chi connectivity index (χ3v) is 2.32. The van der Waals surface area contributed by atoms with Crippen LogP contribution in [-0.4, -0.2) is 35.5 Å². The Labute approximate surface area is 99.6 Å². The molecule has 3 nitrogen and oxygen atoms in total. The zero-order chi connectivity index (χ0) is 8.97. The van der Waals surface area contributed by atoms with Gasteiger partial charge in [-0.15, -0.1) is 0 Å². The van der Waals surface area contributed by atoms with Crippen LogP contribution < -0.4 is 5.30 Å². The summed E-state index contributed by atoms with van der Waals surface area (Å²) in [6, 6.07) is 8.60. The topological polar surface area (TPSA) is 43.4 Å². The predicted octanol–water partition coefficient (Wildman–Crippen LogP) is 1.24. The fraction of sp³-hybridized carbons (Fsp3) is 0.125. The Kier molecular flexibility index (Phi) is 6.17. The van der Waals surface area contributed by atoms with E-state index in [1.54, 1.807) is 30.3 Å². The summed E-state index contributed by atoms with van der Waals surface area (Å²) >= 11 is 0. The van der Waals surface area contributed by atoms with Crippen LogP contribution in [0.15, 0.2) is 30.3 Å². The Balaban J connectivity index is 0.00000144. The van der Waals surface area contributed by atoms with E-state index in [0.717, 1.165) is 0 Å². The van der Waals surface area contributed by atoms with Crippen molar-refractivity contribution < 1.29 is 13.9 Å². The summed E-state index contributed by atoms with van der Waals surface area (Å²) in [5, 5.41) is 0.530. The Morgan fingerprint density at radius 2 is 1.85 bits per heavy atom. The summed E-state index contributed by atoms with van der Waals surface area (Å²) in [5.74, 6) is -0.528. The van der Waals surface area contributed by atoms with Crippen molar-refractivity contribution in [1.29, 1.82) is 0 Å². The van der Waals surface area contributed by atoms with E-state index in [-0.39, 0.29) is 29.6 Å². The van der Waals surface area contributed by atoms with Crippen molar-refractivity contribution in [3.8, 4) is 0 Å². The maximum Gasteiger partial charge on any atom is 0.600 e. The summed E-state index contributed by atoms with van der Waals surface area (Å²) in [6.45, 7) is 1.23. The summed E-state index contributed by atoms with van der Waals surface area (Å²) in [7, 11) is -2.01. The number of hydrogen-bond donors (Lipinski definition) is 0. The first-order chi connectivity index (χ1) is 5.70. The van der Waals surface area contributed by atoms with Crippen LogP contribution in [0.4, 0.5) is 0 Å². The average Bonchev–Trinajstić information content (AvgIpc) is 2.05. The van der Waals surface area contributed by atoms with Crippen molar-refractivity contribution in [2.45, 2.75) is 6.92 Å². The van der Waals surface area contributed by atoms with Crippen molar-refractivity contribution in [3.63, 3.8) is 0 Å². The van der Waals surface area contributed by atoms with Gasteiger partial charge in [0.05, 0.1) is 0 Å². The van der Waals surface area contributed by atoms with Crippen LogP contribution in [0.3, 0.4) is 0 Å². The Morgan fingerprint density at radius 1 is 1.31 bits per heavy atom. The fourth-order valence-electron chi connectivity index (χ4n) is 0.719. The van der Waals surface area contributed by atoms with Gasteiger partial charge in [-0.05, 0) is 16.7 Å². The number of carbonyl (C=O) groups excluding carboxylic acids is 1. The minimum Gasteiger partial charge on any atom is -0.247 e. The molecule has 0 bridgehead atoms. The van der Waals surface area contributed by atoms with E-state index in [2.05, 4.69) is 4.52 Å². The third kappa shape index (κ3) is 4.53. The molecule has 0 fully saturated rings. The minimum atomic E-state index is -2.01. The van der Waals surface area contributed by atoms with Gasteiger partial charge < -0.3 is 0 Å². The van der Waals surface area contributed by atoms with Crippen LogP contribution in [-0.2, 0) is 13.9 Å². The van der Waals surface area contributed by atoms with Crippen molar-refractivity contribution in [2.24, 2.45) is 0 Å². The van der Waals surface area contributed by atoms with Gasteiger partial charge in [0, 0.05) is 36.5 Å². The molecule has 1 radical (unpaired) electrons. The molecule has 0 saturated carbocycles. The number of rotatable bonds is 2. The first-order valence-electron chi connectivity index (χ1n) is 3.41. The SMILES string of the molecule is CC(=O)O[P+](=O)c1ccccc1.[Na]. The largest absolute Gasteiger partial charge is 0.600 e. The van der Waals surface area contributed by atoms with Crippen LogP contribution in [0.1, 0.15) is 6.92 Å². The van der Waals surface area contributed by atoms with E-state index in [0.29, 0.717) is 5.30 Å². The molecule has 1 rings (SSSR count). The zero-order valence-corrected chi connectivity index (χ0v) is 10.5. The van der Waals surface area contributed by atoms with Gasteiger partial charge in [0.2, 0.25) is 5.30 Å². The molecule has 0 saturated heterocycles. The molecule has 0 spiro atoms. The second kappa shape index (κ2) is 6.28. The van der Waals surface area contributed by atoms with Gasteiger partial charge in [-0.3, -0.25) is 0 Å². The molecule has 13 heavy (non-hydrogen) atoms.